The summed E-state index contributed by atoms with van der Waals surface area (Å²) in [5, 5.41) is 2.64. The summed E-state index contributed by atoms with van der Waals surface area (Å²) >= 11 is 0. The largest absolute Gasteiger partial charge is 0.452 e. The number of ether oxygens (including phenoxy) is 1. The lowest BCUT2D eigenvalue weighted by atomic mass is 10.1. The van der Waals surface area contributed by atoms with Crippen LogP contribution in [0, 0.1) is 0 Å². The minimum atomic E-state index is -0.926. The van der Waals surface area contributed by atoms with Crippen molar-refractivity contribution >= 4 is 23.7 Å². The number of nitrogens with one attached hydrogen (secondary N) is 2. The fourth-order valence-electron chi connectivity index (χ4n) is 3.31. The van der Waals surface area contributed by atoms with Gasteiger partial charge in [-0.15, -0.1) is 0 Å². The third kappa shape index (κ3) is 3.84. The fourth-order valence-corrected chi connectivity index (χ4v) is 3.31. The average molecular weight is 363 g/mol. The van der Waals surface area contributed by atoms with Gasteiger partial charge in [0.15, 0.2) is 6.10 Å². The standard InChI is InChI=1S/C16H21N5O5/c17-14(23)11-2-1-5-21(11)16(25)10(6-9-7-18-8-19-9)20-15(24)12-3-4-13(22)26-12/h7-8,10-12H,1-6H2,(H2,17,23)(H,18,19)(H,20,24)/t10-,11-,12-/m0/s1. The molecule has 0 bridgehead atoms. The van der Waals surface area contributed by atoms with Crippen molar-refractivity contribution in [3.05, 3.63) is 18.2 Å². The van der Waals surface area contributed by atoms with Crippen LogP contribution < -0.4 is 11.1 Å². The zero-order valence-electron chi connectivity index (χ0n) is 14.1. The molecule has 1 aromatic rings. The summed E-state index contributed by atoms with van der Waals surface area (Å²) in [6, 6.07) is -1.60. The molecule has 3 atom stereocenters. The van der Waals surface area contributed by atoms with Crippen LogP contribution in [0.15, 0.2) is 12.5 Å². The topological polar surface area (TPSA) is 147 Å². The van der Waals surface area contributed by atoms with Gasteiger partial charge in [-0.05, 0) is 12.8 Å². The number of amides is 3. The molecule has 2 aliphatic rings. The van der Waals surface area contributed by atoms with E-state index in [-0.39, 0.29) is 19.3 Å². The van der Waals surface area contributed by atoms with Gasteiger partial charge in [-0.3, -0.25) is 19.2 Å². The van der Waals surface area contributed by atoms with E-state index in [1.165, 1.54) is 11.2 Å². The lowest BCUT2D eigenvalue weighted by Crippen LogP contribution is -2.55. The molecule has 0 radical (unpaired) electrons. The van der Waals surface area contributed by atoms with E-state index in [1.807, 2.05) is 0 Å². The van der Waals surface area contributed by atoms with Crippen LogP contribution in [-0.2, 0) is 30.3 Å². The predicted octanol–water partition coefficient (Wildman–Crippen LogP) is -1.38. The lowest BCUT2D eigenvalue weighted by Gasteiger charge is -2.28. The smallest absolute Gasteiger partial charge is 0.306 e. The zero-order chi connectivity index (χ0) is 18.7. The zero-order valence-corrected chi connectivity index (χ0v) is 14.1. The van der Waals surface area contributed by atoms with E-state index >= 15 is 0 Å². The number of likely N-dealkylation sites (tertiary alicyclic amines) is 1. The number of nitrogens with zero attached hydrogens (tertiary/aromatic N) is 2. The Morgan fingerprint density at radius 2 is 2.23 bits per heavy atom. The number of carbonyl (C=O) groups is 4. The highest BCUT2D eigenvalue weighted by atomic mass is 16.6. The predicted molar refractivity (Wildman–Crippen MR) is 87.3 cm³/mol. The SMILES string of the molecule is NC(=O)[C@@H]1CCCN1C(=O)[C@H](Cc1c[nH]cn1)NC(=O)[C@@H]1CCC(=O)O1. The molecule has 4 N–H and O–H groups in total. The molecule has 1 aromatic heterocycles. The number of carbonyl (C=O) groups excluding carboxylic acids is 4. The number of rotatable bonds is 6. The number of hydrogen-bond donors (Lipinski definition) is 3. The molecular weight excluding hydrogens is 342 g/mol. The maximum Gasteiger partial charge on any atom is 0.306 e. The number of primary amides is 1. The van der Waals surface area contributed by atoms with Crippen LogP contribution in [0.25, 0.3) is 0 Å². The molecule has 0 unspecified atom stereocenters. The first-order valence-electron chi connectivity index (χ1n) is 8.53. The Morgan fingerprint density at radius 3 is 2.85 bits per heavy atom. The second-order valence-electron chi connectivity index (χ2n) is 6.44. The number of aromatic nitrogens is 2. The van der Waals surface area contributed by atoms with Crippen molar-refractivity contribution in [2.24, 2.45) is 5.73 Å². The highest BCUT2D eigenvalue weighted by molar-refractivity contribution is 5.94. The van der Waals surface area contributed by atoms with Crippen molar-refractivity contribution in [1.82, 2.24) is 20.2 Å². The molecule has 10 heteroatoms. The summed E-state index contributed by atoms with van der Waals surface area (Å²) in [4.78, 5) is 56.4. The Morgan fingerprint density at radius 1 is 1.42 bits per heavy atom. The molecule has 0 saturated carbocycles. The Bertz CT molecular complexity index is 704. The minimum Gasteiger partial charge on any atom is -0.452 e. The molecule has 2 saturated heterocycles. The van der Waals surface area contributed by atoms with E-state index in [1.54, 1.807) is 6.20 Å². The van der Waals surface area contributed by atoms with Crippen molar-refractivity contribution in [3.8, 4) is 0 Å². The van der Waals surface area contributed by atoms with Crippen LogP contribution in [0.2, 0.25) is 0 Å². The molecule has 3 rings (SSSR count). The lowest BCUT2D eigenvalue weighted by molar-refractivity contribution is -0.149. The normalized spacial score (nSPS) is 23.5. The highest BCUT2D eigenvalue weighted by Crippen LogP contribution is 2.20. The summed E-state index contributed by atoms with van der Waals surface area (Å²) in [5.41, 5.74) is 5.97. The first-order chi connectivity index (χ1) is 12.5. The van der Waals surface area contributed by atoms with Gasteiger partial charge in [0.1, 0.15) is 12.1 Å². The number of cyclic esters (lactones) is 1. The minimum absolute atomic E-state index is 0.150. The van der Waals surface area contributed by atoms with Crippen LogP contribution in [0.5, 0.6) is 0 Å². The van der Waals surface area contributed by atoms with Gasteiger partial charge >= 0.3 is 5.97 Å². The van der Waals surface area contributed by atoms with Crippen molar-refractivity contribution in [3.63, 3.8) is 0 Å². The van der Waals surface area contributed by atoms with Gasteiger partial charge in [0.2, 0.25) is 11.8 Å². The van der Waals surface area contributed by atoms with Crippen molar-refractivity contribution in [2.75, 3.05) is 6.54 Å². The van der Waals surface area contributed by atoms with Gasteiger partial charge in [0.25, 0.3) is 5.91 Å². The van der Waals surface area contributed by atoms with E-state index in [0.29, 0.717) is 25.1 Å². The fraction of sp³-hybridized carbons (Fsp3) is 0.562. The average Bonchev–Trinajstić information content (AvgIpc) is 3.34. The Hall–Kier alpha value is -2.91. The molecule has 3 heterocycles. The summed E-state index contributed by atoms with van der Waals surface area (Å²) in [6.07, 6.45) is 3.97. The second-order valence-corrected chi connectivity index (χ2v) is 6.44. The Balaban J connectivity index is 1.74. The first-order valence-corrected chi connectivity index (χ1v) is 8.53. The van der Waals surface area contributed by atoms with Crippen molar-refractivity contribution in [1.29, 1.82) is 0 Å². The molecule has 10 nitrogen and oxygen atoms in total. The van der Waals surface area contributed by atoms with Gasteiger partial charge in [-0.2, -0.15) is 0 Å². The monoisotopic (exact) mass is 363 g/mol. The molecule has 3 amide bonds. The van der Waals surface area contributed by atoms with Gasteiger partial charge in [-0.1, -0.05) is 0 Å². The number of nitrogens with two attached hydrogens (primary N) is 1. The maximum absolute atomic E-state index is 13.0. The van der Waals surface area contributed by atoms with Crippen LogP contribution in [0.1, 0.15) is 31.4 Å². The second kappa shape index (κ2) is 7.54. The molecular formula is C16H21N5O5. The molecule has 140 valence electrons. The number of aromatic amines is 1. The van der Waals surface area contributed by atoms with Crippen LogP contribution >= 0.6 is 0 Å². The van der Waals surface area contributed by atoms with E-state index < -0.39 is 41.9 Å². The van der Waals surface area contributed by atoms with Crippen LogP contribution in [0.3, 0.4) is 0 Å². The Labute approximate surface area is 149 Å². The van der Waals surface area contributed by atoms with E-state index in [0.717, 1.165) is 0 Å². The third-order valence-corrected chi connectivity index (χ3v) is 4.62. The van der Waals surface area contributed by atoms with Gasteiger partial charge in [-0.25, -0.2) is 4.98 Å². The molecule has 2 aliphatic heterocycles. The van der Waals surface area contributed by atoms with E-state index in [4.69, 9.17) is 10.5 Å². The molecule has 0 spiro atoms. The number of hydrogen-bond acceptors (Lipinski definition) is 6. The number of imidazole rings is 1. The number of H-pyrrole nitrogens is 1. The quantitative estimate of drug-likeness (QED) is 0.531. The van der Waals surface area contributed by atoms with Gasteiger partial charge in [0.05, 0.1) is 12.0 Å². The van der Waals surface area contributed by atoms with Crippen molar-refractivity contribution in [2.45, 2.75) is 50.3 Å². The molecule has 0 aliphatic carbocycles. The summed E-state index contributed by atoms with van der Waals surface area (Å²) < 4.78 is 4.95. The maximum atomic E-state index is 13.0. The van der Waals surface area contributed by atoms with Crippen LogP contribution in [0.4, 0.5) is 0 Å². The van der Waals surface area contributed by atoms with E-state index in [2.05, 4.69) is 15.3 Å². The molecule has 26 heavy (non-hydrogen) atoms. The van der Waals surface area contributed by atoms with Crippen LogP contribution in [-0.4, -0.2) is 63.3 Å². The van der Waals surface area contributed by atoms with Gasteiger partial charge < -0.3 is 25.7 Å². The van der Waals surface area contributed by atoms with E-state index in [9.17, 15) is 19.2 Å². The molecule has 2 fully saturated rings. The van der Waals surface area contributed by atoms with Gasteiger partial charge in [0, 0.05) is 32.0 Å². The number of esters is 1. The van der Waals surface area contributed by atoms with Crippen molar-refractivity contribution < 1.29 is 23.9 Å². The third-order valence-electron chi connectivity index (χ3n) is 4.62. The first kappa shape index (κ1) is 17.9. The molecule has 0 aromatic carbocycles. The Kier molecular flexibility index (Phi) is 5.19. The summed E-state index contributed by atoms with van der Waals surface area (Å²) in [6.45, 7) is 0.401. The highest BCUT2D eigenvalue weighted by Gasteiger charge is 2.38. The summed E-state index contributed by atoms with van der Waals surface area (Å²) in [5.74, 6) is -1.93. The summed E-state index contributed by atoms with van der Waals surface area (Å²) in [7, 11) is 0.